The Morgan fingerprint density at radius 2 is 2.00 bits per heavy atom. The fourth-order valence-electron chi connectivity index (χ4n) is 4.26. The van der Waals surface area contributed by atoms with Gasteiger partial charge >= 0.3 is 5.97 Å². The van der Waals surface area contributed by atoms with E-state index in [0.29, 0.717) is 71.5 Å². The Hall–Kier alpha value is -3.57. The number of hydrogen-bond donors (Lipinski definition) is 2. The van der Waals surface area contributed by atoms with Gasteiger partial charge in [0.1, 0.15) is 23.7 Å². The molecule has 0 spiro atoms. The van der Waals surface area contributed by atoms with E-state index < -0.39 is 11.8 Å². The van der Waals surface area contributed by atoms with Crippen molar-refractivity contribution in [3.8, 4) is 5.75 Å². The summed E-state index contributed by atoms with van der Waals surface area (Å²) in [6.07, 6.45) is 2.09. The van der Waals surface area contributed by atoms with Gasteiger partial charge in [0.05, 0.1) is 23.7 Å². The van der Waals surface area contributed by atoms with Gasteiger partial charge in [0.25, 0.3) is 0 Å². The number of carboxylic acid groups (broad SMARTS) is 1. The van der Waals surface area contributed by atoms with Crippen LogP contribution in [0.25, 0.3) is 10.9 Å². The molecule has 1 saturated heterocycles. The highest BCUT2D eigenvalue weighted by Crippen LogP contribution is 2.31. The van der Waals surface area contributed by atoms with Crippen molar-refractivity contribution in [2.24, 2.45) is 0 Å². The fourth-order valence-corrected chi connectivity index (χ4v) is 4.78. The van der Waals surface area contributed by atoms with E-state index in [4.69, 9.17) is 33.7 Å². The van der Waals surface area contributed by atoms with Crippen LogP contribution in [0.5, 0.6) is 5.75 Å². The minimum Gasteiger partial charge on any atom is -0.494 e. The SMILES string of the molecule is CCOc1cc2ncnc(Nc3ccc(F)c(Cl)c3)c2cc1CC(=O)CN1CCN(CCCC(=O)O)C1=S. The average Bonchev–Trinajstić information content (AvgIpc) is 3.21. The van der Waals surface area contributed by atoms with Crippen molar-refractivity contribution in [1.29, 1.82) is 0 Å². The van der Waals surface area contributed by atoms with Crippen LogP contribution >= 0.6 is 23.8 Å². The van der Waals surface area contributed by atoms with Crippen LogP contribution < -0.4 is 10.1 Å². The Morgan fingerprint density at radius 3 is 2.74 bits per heavy atom. The number of ketones is 1. The maximum atomic E-state index is 13.6. The minimum absolute atomic E-state index is 0.0152. The van der Waals surface area contributed by atoms with E-state index in [1.165, 1.54) is 18.5 Å². The molecule has 0 amide bonds. The molecule has 200 valence electrons. The number of carbonyl (C=O) groups is 2. The number of carboxylic acids is 1. The van der Waals surface area contributed by atoms with Crippen molar-refractivity contribution in [2.45, 2.75) is 26.2 Å². The van der Waals surface area contributed by atoms with E-state index in [-0.39, 0.29) is 30.2 Å². The van der Waals surface area contributed by atoms with Crippen molar-refractivity contribution in [3.63, 3.8) is 0 Å². The molecule has 9 nitrogen and oxygen atoms in total. The predicted molar refractivity (Wildman–Crippen MR) is 147 cm³/mol. The first kappa shape index (κ1) is 27.5. The highest BCUT2D eigenvalue weighted by atomic mass is 35.5. The van der Waals surface area contributed by atoms with Crippen LogP contribution in [0.2, 0.25) is 5.02 Å². The average molecular weight is 560 g/mol. The number of ether oxygens (including phenoxy) is 1. The highest BCUT2D eigenvalue weighted by Gasteiger charge is 2.26. The molecule has 0 radical (unpaired) electrons. The monoisotopic (exact) mass is 559 g/mol. The molecular weight excluding hydrogens is 533 g/mol. The van der Waals surface area contributed by atoms with Gasteiger partial charge in [-0.25, -0.2) is 14.4 Å². The minimum atomic E-state index is -0.840. The molecule has 0 unspecified atom stereocenters. The summed E-state index contributed by atoms with van der Waals surface area (Å²) < 4.78 is 19.4. The number of rotatable bonds is 12. The molecule has 0 bridgehead atoms. The van der Waals surface area contributed by atoms with Gasteiger partial charge in [-0.05, 0) is 49.8 Å². The van der Waals surface area contributed by atoms with Crippen LogP contribution in [-0.4, -0.2) is 74.5 Å². The summed E-state index contributed by atoms with van der Waals surface area (Å²) in [5.41, 5.74) is 1.86. The van der Waals surface area contributed by atoms with Gasteiger partial charge in [-0.15, -0.1) is 0 Å². The number of carbonyl (C=O) groups excluding carboxylic acids is 1. The number of halogens is 2. The number of Topliss-reactive ketones (excluding diaryl/α,β-unsaturated/α-hetero) is 1. The maximum absolute atomic E-state index is 13.6. The van der Waals surface area contributed by atoms with Crippen molar-refractivity contribution < 1.29 is 23.8 Å². The van der Waals surface area contributed by atoms with Crippen LogP contribution in [0.3, 0.4) is 0 Å². The zero-order valence-corrected chi connectivity index (χ0v) is 22.3. The Kier molecular flexibility index (Phi) is 8.90. The second-order valence-electron chi connectivity index (χ2n) is 8.79. The van der Waals surface area contributed by atoms with Gasteiger partial charge in [0.2, 0.25) is 0 Å². The number of hydrogen-bond acceptors (Lipinski definition) is 7. The second-order valence-corrected chi connectivity index (χ2v) is 9.56. The van der Waals surface area contributed by atoms with Gasteiger partial charge in [0, 0.05) is 55.2 Å². The Balaban J connectivity index is 1.51. The first-order valence-corrected chi connectivity index (χ1v) is 12.9. The molecule has 1 aliphatic heterocycles. The van der Waals surface area contributed by atoms with E-state index in [2.05, 4.69) is 15.3 Å². The van der Waals surface area contributed by atoms with Crippen LogP contribution in [0.4, 0.5) is 15.9 Å². The lowest BCUT2D eigenvalue weighted by Gasteiger charge is -2.21. The molecule has 1 fully saturated rings. The summed E-state index contributed by atoms with van der Waals surface area (Å²) in [4.78, 5) is 36.4. The lowest BCUT2D eigenvalue weighted by molar-refractivity contribution is -0.137. The third-order valence-electron chi connectivity index (χ3n) is 6.05. The van der Waals surface area contributed by atoms with E-state index in [9.17, 15) is 14.0 Å². The molecule has 38 heavy (non-hydrogen) atoms. The van der Waals surface area contributed by atoms with E-state index in [1.807, 2.05) is 22.8 Å². The molecule has 2 N–H and O–H groups in total. The number of aromatic nitrogens is 2. The third kappa shape index (κ3) is 6.65. The molecule has 2 heterocycles. The van der Waals surface area contributed by atoms with Gasteiger partial charge in [-0.2, -0.15) is 0 Å². The van der Waals surface area contributed by atoms with E-state index in [1.54, 1.807) is 12.1 Å². The Labute approximate surface area is 229 Å². The molecule has 0 atom stereocenters. The summed E-state index contributed by atoms with van der Waals surface area (Å²) in [6, 6.07) is 7.88. The quantitative estimate of drug-likeness (QED) is 0.309. The summed E-state index contributed by atoms with van der Waals surface area (Å²) in [6.45, 7) is 4.23. The number of fused-ring (bicyclic) bond motifs is 1. The fraction of sp³-hybridized carbons (Fsp3) is 0.346. The van der Waals surface area contributed by atoms with Gasteiger partial charge in [-0.1, -0.05) is 11.6 Å². The van der Waals surface area contributed by atoms with Crippen LogP contribution in [0.1, 0.15) is 25.3 Å². The number of aliphatic carboxylic acids is 1. The predicted octanol–water partition coefficient (Wildman–Crippen LogP) is 4.44. The van der Waals surface area contributed by atoms with Crippen molar-refractivity contribution in [3.05, 3.63) is 53.1 Å². The molecule has 0 saturated carbocycles. The first-order chi connectivity index (χ1) is 18.2. The largest absolute Gasteiger partial charge is 0.494 e. The number of nitrogens with one attached hydrogen (secondary N) is 1. The summed E-state index contributed by atoms with van der Waals surface area (Å²) >= 11 is 11.4. The number of thiocarbonyl (C=S) groups is 1. The van der Waals surface area contributed by atoms with Crippen LogP contribution in [0, 0.1) is 5.82 Å². The molecule has 1 aliphatic rings. The van der Waals surface area contributed by atoms with Crippen LogP contribution in [0.15, 0.2) is 36.7 Å². The summed E-state index contributed by atoms with van der Waals surface area (Å²) in [7, 11) is 0. The maximum Gasteiger partial charge on any atom is 0.303 e. The lowest BCUT2D eigenvalue weighted by atomic mass is 10.0. The number of nitrogens with zero attached hydrogens (tertiary/aromatic N) is 4. The smallest absolute Gasteiger partial charge is 0.303 e. The lowest BCUT2D eigenvalue weighted by Crippen LogP contribution is -2.36. The molecule has 1 aromatic heterocycles. The molecule has 3 aromatic rings. The molecule has 0 aliphatic carbocycles. The highest BCUT2D eigenvalue weighted by molar-refractivity contribution is 7.80. The van der Waals surface area contributed by atoms with E-state index in [0.717, 1.165) is 0 Å². The third-order valence-corrected chi connectivity index (χ3v) is 6.86. The van der Waals surface area contributed by atoms with Gasteiger partial charge in [0.15, 0.2) is 10.9 Å². The molecule has 4 rings (SSSR count). The standard InChI is InChI=1S/C26H27ClFN5O4S/c1-2-37-23-13-22-19(25(30-15-29-22)31-17-5-6-21(28)20(27)12-17)11-16(23)10-18(34)14-33-9-8-32(26(33)38)7-3-4-24(35)36/h5-6,11-13,15H,2-4,7-10,14H2,1H3,(H,35,36)(H,29,30,31). The van der Waals surface area contributed by atoms with Gasteiger partial charge < -0.3 is 25.0 Å². The second kappa shape index (κ2) is 12.3. The topological polar surface area (TPSA) is 108 Å². The van der Waals surface area contributed by atoms with Gasteiger partial charge in [-0.3, -0.25) is 9.59 Å². The van der Waals surface area contributed by atoms with Crippen molar-refractivity contribution in [1.82, 2.24) is 19.8 Å². The number of anilines is 2. The van der Waals surface area contributed by atoms with E-state index >= 15 is 0 Å². The first-order valence-electron chi connectivity index (χ1n) is 12.1. The normalized spacial score (nSPS) is 13.3. The Bertz CT molecular complexity index is 1370. The van der Waals surface area contributed by atoms with Crippen molar-refractivity contribution in [2.75, 3.05) is 38.1 Å². The number of benzene rings is 2. The zero-order chi connectivity index (χ0) is 27.2. The van der Waals surface area contributed by atoms with Crippen molar-refractivity contribution >= 4 is 63.1 Å². The molecular formula is C26H27ClFN5O4S. The summed E-state index contributed by atoms with van der Waals surface area (Å²) in [5.74, 6) is -0.369. The zero-order valence-electron chi connectivity index (χ0n) is 20.7. The molecule has 12 heteroatoms. The van der Waals surface area contributed by atoms with Crippen LogP contribution in [-0.2, 0) is 16.0 Å². The molecule has 2 aromatic carbocycles. The summed E-state index contributed by atoms with van der Waals surface area (Å²) in [5, 5.41) is 13.2. The Morgan fingerprint density at radius 1 is 1.21 bits per heavy atom.